The van der Waals surface area contributed by atoms with Crippen LogP contribution in [0.4, 0.5) is 0 Å². The lowest BCUT2D eigenvalue weighted by Gasteiger charge is -2.09. The topological polar surface area (TPSA) is 58.6 Å². The van der Waals surface area contributed by atoms with E-state index in [4.69, 9.17) is 21.5 Å². The van der Waals surface area contributed by atoms with E-state index >= 15 is 0 Å². The maximum Gasteiger partial charge on any atom is 0.307 e. The van der Waals surface area contributed by atoms with Gasteiger partial charge in [0.25, 0.3) is 0 Å². The van der Waals surface area contributed by atoms with Gasteiger partial charge in [0.05, 0.1) is 23.6 Å². The zero-order chi connectivity index (χ0) is 15.2. The largest absolute Gasteiger partial charge is 0.481 e. The van der Waals surface area contributed by atoms with Crippen molar-refractivity contribution in [1.29, 1.82) is 0 Å². The van der Waals surface area contributed by atoms with Gasteiger partial charge in [-0.2, -0.15) is 0 Å². The minimum atomic E-state index is -0.893. The Balaban J connectivity index is 2.23. The zero-order valence-corrected chi connectivity index (χ0v) is 12.9. The highest BCUT2D eigenvalue weighted by Crippen LogP contribution is 2.31. The molecule has 0 bridgehead atoms. The number of rotatable bonds is 6. The summed E-state index contributed by atoms with van der Waals surface area (Å²) in [6, 6.07) is 11.6. The van der Waals surface area contributed by atoms with E-state index in [1.54, 1.807) is 6.08 Å². The maximum absolute atomic E-state index is 10.7. The van der Waals surface area contributed by atoms with Crippen LogP contribution in [0.15, 0.2) is 42.5 Å². The summed E-state index contributed by atoms with van der Waals surface area (Å²) in [5.41, 5.74) is 5.23. The van der Waals surface area contributed by atoms with Gasteiger partial charge in [-0.05, 0) is 29.3 Å². The average Bonchev–Trinajstić information content (AvgIpc) is 2.90. The first-order valence-electron chi connectivity index (χ1n) is 6.17. The van der Waals surface area contributed by atoms with Gasteiger partial charge in [0, 0.05) is 4.88 Å². The molecule has 0 saturated heterocycles. The molecule has 1 heterocycles. The highest BCUT2D eigenvalue weighted by Gasteiger charge is 2.05. The Morgan fingerprint density at radius 2 is 2.05 bits per heavy atom. The average molecular weight is 324 g/mol. The standard InChI is InChI=1S/C15H14ClNO3S/c1-20-17-12(6-9-15(18)19)10-2-4-11(5-3-10)13-7-8-14(16)21-13/h2-8,17H,9H2,1H3,(H,18,19). The number of thiophene rings is 1. The van der Waals surface area contributed by atoms with Crippen molar-refractivity contribution in [3.63, 3.8) is 0 Å². The Labute approximate surface area is 131 Å². The number of halogens is 1. The molecule has 4 nitrogen and oxygen atoms in total. The molecule has 110 valence electrons. The van der Waals surface area contributed by atoms with Crippen molar-refractivity contribution in [3.8, 4) is 10.4 Å². The fourth-order valence-corrected chi connectivity index (χ4v) is 2.85. The summed E-state index contributed by atoms with van der Waals surface area (Å²) in [5, 5.41) is 8.75. The summed E-state index contributed by atoms with van der Waals surface area (Å²) in [7, 11) is 1.48. The molecule has 6 heteroatoms. The van der Waals surface area contributed by atoms with Crippen molar-refractivity contribution in [3.05, 3.63) is 52.4 Å². The molecular weight excluding hydrogens is 310 g/mol. The summed E-state index contributed by atoms with van der Waals surface area (Å²) < 4.78 is 0.747. The predicted molar refractivity (Wildman–Crippen MR) is 85.1 cm³/mol. The molecule has 0 aliphatic heterocycles. The summed E-state index contributed by atoms with van der Waals surface area (Å²) in [6.07, 6.45) is 1.50. The lowest BCUT2D eigenvalue weighted by atomic mass is 10.1. The second-order valence-corrected chi connectivity index (χ2v) is 5.92. The minimum Gasteiger partial charge on any atom is -0.481 e. The highest BCUT2D eigenvalue weighted by atomic mass is 35.5. The number of carboxylic acid groups (broad SMARTS) is 1. The molecule has 21 heavy (non-hydrogen) atoms. The summed E-state index contributed by atoms with van der Waals surface area (Å²) >= 11 is 7.44. The van der Waals surface area contributed by atoms with E-state index in [1.807, 2.05) is 36.4 Å². The Bertz CT molecular complexity index is 649. The molecule has 0 spiro atoms. The lowest BCUT2D eigenvalue weighted by Crippen LogP contribution is -2.10. The minimum absolute atomic E-state index is 0.0754. The van der Waals surface area contributed by atoms with Crippen molar-refractivity contribution in [2.75, 3.05) is 7.11 Å². The second kappa shape index (κ2) is 7.26. The van der Waals surface area contributed by atoms with Crippen LogP contribution in [0.3, 0.4) is 0 Å². The third kappa shape index (κ3) is 4.32. The second-order valence-electron chi connectivity index (χ2n) is 4.20. The number of aliphatic carboxylic acids is 1. The fraction of sp³-hybridized carbons (Fsp3) is 0.133. The van der Waals surface area contributed by atoms with Crippen LogP contribution >= 0.6 is 22.9 Å². The van der Waals surface area contributed by atoms with Crippen LogP contribution in [0.2, 0.25) is 4.34 Å². The number of hydrogen-bond acceptors (Lipinski definition) is 4. The number of nitrogens with one attached hydrogen (secondary N) is 1. The lowest BCUT2D eigenvalue weighted by molar-refractivity contribution is -0.136. The van der Waals surface area contributed by atoms with Gasteiger partial charge in [-0.15, -0.1) is 11.3 Å². The maximum atomic E-state index is 10.7. The molecule has 1 aromatic heterocycles. The molecule has 1 aromatic carbocycles. The van der Waals surface area contributed by atoms with Gasteiger partial charge in [0.15, 0.2) is 0 Å². The molecule has 0 unspecified atom stereocenters. The number of hydroxylamine groups is 1. The first-order valence-corrected chi connectivity index (χ1v) is 7.36. The summed E-state index contributed by atoms with van der Waals surface area (Å²) in [5.74, 6) is -0.893. The normalized spacial score (nSPS) is 11.4. The quantitative estimate of drug-likeness (QED) is 0.788. The van der Waals surface area contributed by atoms with Crippen molar-refractivity contribution in [1.82, 2.24) is 5.48 Å². The Kier molecular flexibility index (Phi) is 5.38. The third-order valence-corrected chi connectivity index (χ3v) is 4.03. The fourth-order valence-electron chi connectivity index (χ4n) is 1.80. The molecule has 0 aliphatic rings. The van der Waals surface area contributed by atoms with Crippen molar-refractivity contribution < 1.29 is 14.7 Å². The number of benzene rings is 1. The van der Waals surface area contributed by atoms with Gasteiger partial charge in [-0.1, -0.05) is 35.9 Å². The monoisotopic (exact) mass is 323 g/mol. The first-order chi connectivity index (χ1) is 10.1. The van der Waals surface area contributed by atoms with Crippen molar-refractivity contribution >= 4 is 34.6 Å². The van der Waals surface area contributed by atoms with Crippen LogP contribution in [0.25, 0.3) is 16.1 Å². The van der Waals surface area contributed by atoms with Gasteiger partial charge < -0.3 is 5.11 Å². The van der Waals surface area contributed by atoms with Gasteiger partial charge in [-0.25, -0.2) is 0 Å². The summed E-state index contributed by atoms with van der Waals surface area (Å²) in [6.45, 7) is 0. The molecule has 0 atom stereocenters. The molecule has 0 fully saturated rings. The van der Waals surface area contributed by atoms with Gasteiger partial charge in [0.2, 0.25) is 0 Å². The molecule has 2 aromatic rings. The third-order valence-electron chi connectivity index (χ3n) is 2.75. The van der Waals surface area contributed by atoms with E-state index in [-0.39, 0.29) is 6.42 Å². The van der Waals surface area contributed by atoms with E-state index in [9.17, 15) is 4.79 Å². The number of carboxylic acids is 1. The van der Waals surface area contributed by atoms with Gasteiger partial charge in [0.1, 0.15) is 0 Å². The van der Waals surface area contributed by atoms with E-state index in [0.717, 1.165) is 20.3 Å². The van der Waals surface area contributed by atoms with Crippen LogP contribution in [-0.2, 0) is 9.63 Å². The number of carbonyl (C=O) groups is 1. The van der Waals surface area contributed by atoms with Gasteiger partial charge in [-0.3, -0.25) is 15.1 Å². The Hall–Kier alpha value is -1.82. The van der Waals surface area contributed by atoms with Crippen LogP contribution in [0.5, 0.6) is 0 Å². The molecule has 2 rings (SSSR count). The highest BCUT2D eigenvalue weighted by molar-refractivity contribution is 7.19. The molecule has 0 saturated carbocycles. The number of hydrogen-bond donors (Lipinski definition) is 2. The summed E-state index contributed by atoms with van der Waals surface area (Å²) in [4.78, 5) is 16.6. The van der Waals surface area contributed by atoms with Crippen LogP contribution in [-0.4, -0.2) is 18.2 Å². The SMILES string of the molecule is CONC(=CCC(=O)O)c1ccc(-c2ccc(Cl)s2)cc1. The van der Waals surface area contributed by atoms with Crippen LogP contribution in [0, 0.1) is 0 Å². The van der Waals surface area contributed by atoms with Crippen molar-refractivity contribution in [2.45, 2.75) is 6.42 Å². The van der Waals surface area contributed by atoms with Crippen molar-refractivity contribution in [2.24, 2.45) is 0 Å². The van der Waals surface area contributed by atoms with E-state index in [2.05, 4.69) is 5.48 Å². The van der Waals surface area contributed by atoms with E-state index < -0.39 is 5.97 Å². The smallest absolute Gasteiger partial charge is 0.307 e. The Morgan fingerprint density at radius 1 is 1.33 bits per heavy atom. The molecule has 0 amide bonds. The predicted octanol–water partition coefficient (Wildman–Crippen LogP) is 4.04. The Morgan fingerprint density at radius 3 is 2.57 bits per heavy atom. The van der Waals surface area contributed by atoms with E-state index in [1.165, 1.54) is 18.4 Å². The molecule has 0 radical (unpaired) electrons. The molecule has 2 N–H and O–H groups in total. The van der Waals surface area contributed by atoms with Crippen LogP contribution in [0.1, 0.15) is 12.0 Å². The molecular formula is C15H14ClNO3S. The van der Waals surface area contributed by atoms with E-state index in [0.29, 0.717) is 5.70 Å². The molecule has 0 aliphatic carbocycles. The van der Waals surface area contributed by atoms with Crippen LogP contribution < -0.4 is 5.48 Å². The first kappa shape index (κ1) is 15.6. The zero-order valence-electron chi connectivity index (χ0n) is 11.3. The van der Waals surface area contributed by atoms with Gasteiger partial charge >= 0.3 is 5.97 Å².